The molecule has 0 saturated carbocycles. The van der Waals surface area contributed by atoms with Crippen LogP contribution in [0.5, 0.6) is 0 Å². The number of thioether (sulfide) groups is 1. The van der Waals surface area contributed by atoms with Crippen LogP contribution in [0.15, 0.2) is 23.2 Å². The van der Waals surface area contributed by atoms with E-state index in [2.05, 4.69) is 11.2 Å². The first-order valence-electron chi connectivity index (χ1n) is 5.84. The van der Waals surface area contributed by atoms with Gasteiger partial charge in [-0.1, -0.05) is 17.8 Å². The van der Waals surface area contributed by atoms with Gasteiger partial charge in [0.1, 0.15) is 16.7 Å². The Hall–Kier alpha value is -2.00. The maximum atomic E-state index is 11.3. The largest absolute Gasteiger partial charge is 0.465 e. The third-order valence-electron chi connectivity index (χ3n) is 2.56. The van der Waals surface area contributed by atoms with Crippen LogP contribution >= 0.6 is 11.8 Å². The van der Waals surface area contributed by atoms with Crippen LogP contribution in [0.3, 0.4) is 0 Å². The van der Waals surface area contributed by atoms with Crippen molar-refractivity contribution in [3.63, 3.8) is 0 Å². The molecule has 2 aromatic heterocycles. The second-order valence-corrected chi connectivity index (χ2v) is 4.81. The van der Waals surface area contributed by atoms with E-state index in [0.717, 1.165) is 11.2 Å². The summed E-state index contributed by atoms with van der Waals surface area (Å²) in [6.45, 7) is 4.03. The Bertz CT molecular complexity index is 658. The zero-order valence-corrected chi connectivity index (χ0v) is 11.5. The normalized spacial score (nSPS) is 10.4. The SMILES string of the molecule is CCOC(=O)CSc1nn2c(C)cccc2c1C#N. The molecule has 0 amide bonds. The van der Waals surface area contributed by atoms with Crippen LogP contribution in [0, 0.1) is 18.3 Å². The van der Waals surface area contributed by atoms with Gasteiger partial charge in [-0.2, -0.15) is 10.4 Å². The van der Waals surface area contributed by atoms with Crippen molar-refractivity contribution >= 4 is 23.2 Å². The van der Waals surface area contributed by atoms with E-state index in [0.29, 0.717) is 17.2 Å². The number of rotatable bonds is 4. The second-order valence-electron chi connectivity index (χ2n) is 3.85. The minimum Gasteiger partial charge on any atom is -0.465 e. The molecule has 2 aromatic rings. The molecule has 0 fully saturated rings. The number of carbonyl (C=O) groups excluding carboxylic acids is 1. The van der Waals surface area contributed by atoms with Crippen molar-refractivity contribution in [3.05, 3.63) is 29.5 Å². The molecule has 0 N–H and O–H groups in total. The number of pyridine rings is 1. The molecule has 0 spiro atoms. The maximum Gasteiger partial charge on any atom is 0.316 e. The summed E-state index contributed by atoms with van der Waals surface area (Å²) in [4.78, 5) is 11.3. The predicted molar refractivity (Wildman–Crippen MR) is 72.0 cm³/mol. The number of nitrogens with zero attached hydrogens (tertiary/aromatic N) is 3. The summed E-state index contributed by atoms with van der Waals surface area (Å²) < 4.78 is 6.57. The Labute approximate surface area is 115 Å². The van der Waals surface area contributed by atoms with E-state index in [4.69, 9.17) is 4.74 Å². The Kier molecular flexibility index (Phi) is 4.07. The Morgan fingerprint density at radius 1 is 1.58 bits per heavy atom. The van der Waals surface area contributed by atoms with Crippen LogP contribution in [0.2, 0.25) is 0 Å². The van der Waals surface area contributed by atoms with E-state index in [1.165, 1.54) is 11.8 Å². The van der Waals surface area contributed by atoms with Crippen molar-refractivity contribution in [1.82, 2.24) is 9.61 Å². The molecule has 2 heterocycles. The number of nitriles is 1. The van der Waals surface area contributed by atoms with Crippen LogP contribution in [0.4, 0.5) is 0 Å². The molecule has 0 aliphatic carbocycles. The number of hydrogen-bond donors (Lipinski definition) is 0. The van der Waals surface area contributed by atoms with Gasteiger partial charge in [-0.25, -0.2) is 4.52 Å². The summed E-state index contributed by atoms with van der Waals surface area (Å²) in [7, 11) is 0. The highest BCUT2D eigenvalue weighted by Crippen LogP contribution is 2.25. The smallest absolute Gasteiger partial charge is 0.316 e. The van der Waals surface area contributed by atoms with Crippen molar-refractivity contribution in [2.75, 3.05) is 12.4 Å². The fourth-order valence-corrected chi connectivity index (χ4v) is 2.49. The molecular weight excluding hydrogens is 262 g/mol. The molecule has 19 heavy (non-hydrogen) atoms. The standard InChI is InChI=1S/C13H13N3O2S/c1-3-18-12(17)8-19-13-10(7-14)11-6-4-5-9(2)16(11)15-13/h4-6H,3,8H2,1-2H3. The van der Waals surface area contributed by atoms with Crippen molar-refractivity contribution in [2.24, 2.45) is 0 Å². The van der Waals surface area contributed by atoms with Gasteiger partial charge >= 0.3 is 5.97 Å². The van der Waals surface area contributed by atoms with E-state index < -0.39 is 0 Å². The van der Waals surface area contributed by atoms with Crippen LogP contribution < -0.4 is 0 Å². The molecule has 0 aliphatic rings. The summed E-state index contributed by atoms with van der Waals surface area (Å²) in [5.41, 5.74) is 2.20. The number of hydrogen-bond acceptors (Lipinski definition) is 5. The van der Waals surface area contributed by atoms with E-state index in [1.807, 2.05) is 25.1 Å². The van der Waals surface area contributed by atoms with Gasteiger partial charge in [0.15, 0.2) is 0 Å². The summed E-state index contributed by atoms with van der Waals surface area (Å²) in [6.07, 6.45) is 0. The maximum absolute atomic E-state index is 11.3. The zero-order valence-electron chi connectivity index (χ0n) is 10.7. The zero-order chi connectivity index (χ0) is 13.8. The topological polar surface area (TPSA) is 67.4 Å². The molecular formula is C13H13N3O2S. The highest BCUT2D eigenvalue weighted by Gasteiger charge is 2.15. The third kappa shape index (κ3) is 2.71. The van der Waals surface area contributed by atoms with Crippen molar-refractivity contribution in [2.45, 2.75) is 18.9 Å². The fraction of sp³-hybridized carbons (Fsp3) is 0.308. The number of ether oxygens (including phenoxy) is 1. The lowest BCUT2D eigenvalue weighted by Crippen LogP contribution is -2.06. The Morgan fingerprint density at radius 2 is 2.37 bits per heavy atom. The molecule has 0 atom stereocenters. The third-order valence-corrected chi connectivity index (χ3v) is 3.50. The molecule has 0 bridgehead atoms. The first-order chi connectivity index (χ1) is 9.17. The van der Waals surface area contributed by atoms with Gasteiger partial charge in [0.25, 0.3) is 0 Å². The average molecular weight is 275 g/mol. The van der Waals surface area contributed by atoms with Gasteiger partial charge in [0.2, 0.25) is 0 Å². The van der Waals surface area contributed by atoms with Crippen LogP contribution in [0.25, 0.3) is 5.52 Å². The molecule has 98 valence electrons. The van der Waals surface area contributed by atoms with Gasteiger partial charge in [-0.15, -0.1) is 0 Å². The molecule has 0 radical (unpaired) electrons. The van der Waals surface area contributed by atoms with Crippen LogP contribution in [-0.4, -0.2) is 27.9 Å². The summed E-state index contributed by atoms with van der Waals surface area (Å²) in [5, 5.41) is 14.2. The van der Waals surface area contributed by atoms with E-state index in [1.54, 1.807) is 11.4 Å². The minimum absolute atomic E-state index is 0.158. The lowest BCUT2D eigenvalue weighted by atomic mass is 10.2. The second kappa shape index (κ2) is 5.76. The number of carbonyl (C=O) groups is 1. The van der Waals surface area contributed by atoms with Gasteiger partial charge in [-0.3, -0.25) is 4.79 Å². The highest BCUT2D eigenvalue weighted by molar-refractivity contribution is 7.99. The lowest BCUT2D eigenvalue weighted by molar-refractivity contribution is -0.139. The van der Waals surface area contributed by atoms with Gasteiger partial charge in [0, 0.05) is 5.69 Å². The number of fused-ring (bicyclic) bond motifs is 1. The molecule has 0 saturated heterocycles. The van der Waals surface area contributed by atoms with E-state index in [-0.39, 0.29) is 11.7 Å². The lowest BCUT2D eigenvalue weighted by Gasteiger charge is -1.99. The quantitative estimate of drug-likeness (QED) is 0.632. The van der Waals surface area contributed by atoms with E-state index in [9.17, 15) is 10.1 Å². The number of aromatic nitrogens is 2. The molecule has 6 heteroatoms. The minimum atomic E-state index is -0.301. The monoisotopic (exact) mass is 275 g/mol. The molecule has 0 aromatic carbocycles. The predicted octanol–water partition coefficient (Wildman–Crippen LogP) is 2.17. The van der Waals surface area contributed by atoms with Gasteiger partial charge < -0.3 is 4.74 Å². The van der Waals surface area contributed by atoms with Crippen molar-refractivity contribution in [3.8, 4) is 6.07 Å². The summed E-state index contributed by atoms with van der Waals surface area (Å²) >= 11 is 1.23. The number of esters is 1. The molecule has 2 rings (SSSR count). The first kappa shape index (κ1) is 13.4. The van der Waals surface area contributed by atoms with Crippen molar-refractivity contribution < 1.29 is 9.53 Å². The Morgan fingerprint density at radius 3 is 3.05 bits per heavy atom. The van der Waals surface area contributed by atoms with E-state index >= 15 is 0 Å². The van der Waals surface area contributed by atoms with Crippen LogP contribution in [0.1, 0.15) is 18.2 Å². The van der Waals surface area contributed by atoms with Gasteiger partial charge in [-0.05, 0) is 26.0 Å². The molecule has 5 nitrogen and oxygen atoms in total. The first-order valence-corrected chi connectivity index (χ1v) is 6.82. The molecule has 0 aliphatic heterocycles. The Balaban J connectivity index is 2.31. The average Bonchev–Trinajstić information content (AvgIpc) is 2.76. The summed E-state index contributed by atoms with van der Waals surface area (Å²) in [5.74, 6) is -0.143. The van der Waals surface area contributed by atoms with Crippen LogP contribution in [-0.2, 0) is 9.53 Å². The number of aryl methyl sites for hydroxylation is 1. The fourth-order valence-electron chi connectivity index (χ4n) is 1.72. The molecule has 0 unspecified atom stereocenters. The van der Waals surface area contributed by atoms with Crippen molar-refractivity contribution in [1.29, 1.82) is 5.26 Å². The van der Waals surface area contributed by atoms with Gasteiger partial charge in [0.05, 0.1) is 17.9 Å². The highest BCUT2D eigenvalue weighted by atomic mass is 32.2. The summed E-state index contributed by atoms with van der Waals surface area (Å²) in [6, 6.07) is 7.79.